The summed E-state index contributed by atoms with van der Waals surface area (Å²) < 4.78 is 16.6. The van der Waals surface area contributed by atoms with Crippen LogP contribution in [0.25, 0.3) is 0 Å². The highest BCUT2D eigenvalue weighted by molar-refractivity contribution is 8.27. The molecule has 0 atom stereocenters. The predicted molar refractivity (Wildman–Crippen MR) is 75.4 cm³/mol. The maximum atomic E-state index is 11.9. The van der Waals surface area contributed by atoms with Crippen molar-refractivity contribution in [1.29, 1.82) is 0 Å². The van der Waals surface area contributed by atoms with Crippen molar-refractivity contribution in [3.63, 3.8) is 0 Å². The van der Waals surface area contributed by atoms with E-state index in [4.69, 9.17) is 2.74 Å². The van der Waals surface area contributed by atoms with Crippen molar-refractivity contribution in [2.24, 2.45) is 0 Å². The van der Waals surface area contributed by atoms with Crippen LogP contribution in [0.15, 0.2) is 30.4 Å². The molecule has 2 nitrogen and oxygen atoms in total. The van der Waals surface area contributed by atoms with Gasteiger partial charge in [-0.05, 0) is 12.5 Å². The van der Waals surface area contributed by atoms with Gasteiger partial charge in [0.25, 0.3) is 0 Å². The molecule has 0 saturated carbocycles. The molecule has 0 saturated heterocycles. The van der Waals surface area contributed by atoms with Crippen LogP contribution in [0.5, 0.6) is 0 Å². The minimum Gasteiger partial charge on any atom is -0.289 e. The third kappa shape index (κ3) is 2.30. The van der Waals surface area contributed by atoms with E-state index < -0.39 is 11.6 Å². The summed E-state index contributed by atoms with van der Waals surface area (Å²) in [6.45, 7) is 0. The molecule has 0 aromatic heterocycles. The molecule has 6 heteroatoms. The standard InChI is InChI=1S/C10H8O2S4/c1-13-7-3-5(11)9(15-7)10-6(12)4-8(14-2)16-10/h3-4H,1-2H3/b10-9-/i3D,4D. The van der Waals surface area contributed by atoms with Crippen molar-refractivity contribution >= 4 is 58.6 Å². The maximum Gasteiger partial charge on any atom is 0.195 e. The summed E-state index contributed by atoms with van der Waals surface area (Å²) in [6.07, 6.45) is 3.59. The second-order valence-corrected chi connectivity index (χ2v) is 6.94. The van der Waals surface area contributed by atoms with E-state index in [1.54, 1.807) is 12.5 Å². The number of rotatable bonds is 2. The lowest BCUT2D eigenvalue weighted by molar-refractivity contribution is -0.112. The van der Waals surface area contributed by atoms with Crippen LogP contribution in [0.2, 0.25) is 0 Å². The lowest BCUT2D eigenvalue weighted by Gasteiger charge is -2.01. The summed E-state index contributed by atoms with van der Waals surface area (Å²) in [7, 11) is 0. The topological polar surface area (TPSA) is 34.1 Å². The van der Waals surface area contributed by atoms with E-state index in [1.165, 1.54) is 47.0 Å². The summed E-state index contributed by atoms with van der Waals surface area (Å²) in [5, 5.41) is 0. The Balaban J connectivity index is 2.39. The molecular formula is C10H8O2S4. The molecule has 2 aliphatic rings. The average Bonchev–Trinajstić information content (AvgIpc) is 2.81. The van der Waals surface area contributed by atoms with Crippen molar-refractivity contribution in [3.8, 4) is 0 Å². The lowest BCUT2D eigenvalue weighted by atomic mass is 10.3. The number of ketones is 2. The highest BCUT2D eigenvalue weighted by Gasteiger charge is 2.30. The van der Waals surface area contributed by atoms with Crippen molar-refractivity contribution in [3.05, 3.63) is 30.4 Å². The van der Waals surface area contributed by atoms with Crippen LogP contribution in [0.4, 0.5) is 0 Å². The Hall–Kier alpha value is -0.0400. The summed E-state index contributed by atoms with van der Waals surface area (Å²) >= 11 is 4.99. The van der Waals surface area contributed by atoms with Gasteiger partial charge in [0.1, 0.15) is 0 Å². The van der Waals surface area contributed by atoms with E-state index in [9.17, 15) is 9.59 Å². The van der Waals surface area contributed by atoms with Crippen LogP contribution in [-0.4, -0.2) is 24.1 Å². The van der Waals surface area contributed by atoms with Crippen LogP contribution in [0, 0.1) is 0 Å². The summed E-state index contributed by atoms with van der Waals surface area (Å²) in [4.78, 5) is 24.4. The maximum absolute atomic E-state index is 11.9. The Morgan fingerprint density at radius 1 is 1.00 bits per heavy atom. The first-order valence-corrected chi connectivity index (χ1v) is 8.28. The van der Waals surface area contributed by atoms with Gasteiger partial charge in [0.2, 0.25) is 0 Å². The first-order valence-electron chi connectivity index (χ1n) is 5.20. The Bertz CT molecular complexity index is 500. The van der Waals surface area contributed by atoms with Crippen LogP contribution in [0.3, 0.4) is 0 Å². The Morgan fingerprint density at radius 3 is 1.62 bits per heavy atom. The molecule has 16 heavy (non-hydrogen) atoms. The fraction of sp³-hybridized carbons (Fsp3) is 0.200. The van der Waals surface area contributed by atoms with Gasteiger partial charge in [-0.15, -0.1) is 23.5 Å². The fourth-order valence-electron chi connectivity index (χ4n) is 1.11. The van der Waals surface area contributed by atoms with Crippen LogP contribution >= 0.6 is 47.0 Å². The van der Waals surface area contributed by atoms with Gasteiger partial charge in [-0.3, -0.25) is 9.59 Å². The average molecular weight is 290 g/mol. The number of thioether (sulfide) groups is 4. The number of carbonyl (C=O) groups is 2. The van der Waals surface area contributed by atoms with Gasteiger partial charge >= 0.3 is 0 Å². The highest BCUT2D eigenvalue weighted by Crippen LogP contribution is 2.48. The Kier molecular flexibility index (Phi) is 3.15. The first-order chi connectivity index (χ1) is 8.51. The number of hydrogen-bond acceptors (Lipinski definition) is 6. The molecule has 0 aromatic rings. The highest BCUT2D eigenvalue weighted by atomic mass is 32.2. The molecule has 2 aliphatic heterocycles. The number of hydrogen-bond donors (Lipinski definition) is 0. The van der Waals surface area contributed by atoms with Gasteiger partial charge in [-0.1, -0.05) is 23.5 Å². The molecule has 0 aromatic carbocycles. The quantitative estimate of drug-likeness (QED) is 0.726. The summed E-state index contributed by atoms with van der Waals surface area (Å²) in [5.41, 5.74) is 0. The van der Waals surface area contributed by atoms with Gasteiger partial charge < -0.3 is 0 Å². The smallest absolute Gasteiger partial charge is 0.195 e. The molecular weight excluding hydrogens is 280 g/mol. The zero-order valence-corrected chi connectivity index (χ0v) is 11.7. The van der Waals surface area contributed by atoms with Crippen LogP contribution in [0.1, 0.15) is 2.74 Å². The van der Waals surface area contributed by atoms with Gasteiger partial charge in [0, 0.05) is 20.6 Å². The molecule has 0 bridgehead atoms. The van der Waals surface area contributed by atoms with E-state index in [0.717, 1.165) is 0 Å². The molecule has 0 amide bonds. The predicted octanol–water partition coefficient (Wildman–Crippen LogP) is 3.24. The van der Waals surface area contributed by atoms with E-state index in [0.29, 0.717) is 18.3 Å². The second-order valence-electron chi connectivity index (χ2n) is 2.75. The van der Waals surface area contributed by atoms with E-state index >= 15 is 0 Å². The molecule has 0 aliphatic carbocycles. The zero-order chi connectivity index (χ0) is 13.4. The minimum absolute atomic E-state index is 0.0486. The number of carbonyl (C=O) groups excluding carboxylic acids is 2. The second kappa shape index (κ2) is 5.08. The molecule has 0 fully saturated rings. The van der Waals surface area contributed by atoms with Crippen LogP contribution in [-0.2, 0) is 9.59 Å². The molecule has 0 spiro atoms. The Labute approximate surface area is 114 Å². The largest absolute Gasteiger partial charge is 0.289 e. The lowest BCUT2D eigenvalue weighted by Crippen LogP contribution is -1.98. The SMILES string of the molecule is [2H]C1=C(SC)S/C(=C2\SC(SC)=C([2H])C2=O)C1=O. The summed E-state index contributed by atoms with van der Waals surface area (Å²) in [6, 6.07) is -0.0972. The van der Waals surface area contributed by atoms with E-state index in [-0.39, 0.29) is 12.1 Å². The zero-order valence-electron chi connectivity index (χ0n) is 10.4. The van der Waals surface area contributed by atoms with Crippen molar-refractivity contribution in [2.45, 2.75) is 0 Å². The third-order valence-corrected chi connectivity index (χ3v) is 6.15. The normalized spacial score (nSPS) is 28.1. The van der Waals surface area contributed by atoms with Gasteiger partial charge in [-0.25, -0.2) is 0 Å². The first kappa shape index (κ1) is 9.94. The monoisotopic (exact) mass is 290 g/mol. The molecule has 2 rings (SSSR count). The molecule has 2 heterocycles. The fourth-order valence-corrected chi connectivity index (χ4v) is 4.24. The third-order valence-electron chi connectivity index (χ3n) is 1.81. The number of allylic oxidation sites excluding steroid dienone is 4. The minimum atomic E-state index is -0.407. The van der Waals surface area contributed by atoms with Gasteiger partial charge in [0.05, 0.1) is 12.6 Å². The molecule has 84 valence electrons. The van der Waals surface area contributed by atoms with Crippen molar-refractivity contribution in [1.82, 2.24) is 0 Å². The van der Waals surface area contributed by atoms with Crippen LogP contribution < -0.4 is 0 Å². The van der Waals surface area contributed by atoms with E-state index in [2.05, 4.69) is 0 Å². The van der Waals surface area contributed by atoms with Crippen molar-refractivity contribution in [2.75, 3.05) is 12.5 Å². The summed E-state index contributed by atoms with van der Waals surface area (Å²) in [5.74, 6) is -0.814. The van der Waals surface area contributed by atoms with E-state index in [1.807, 2.05) is 0 Å². The van der Waals surface area contributed by atoms with Gasteiger partial charge in [-0.2, -0.15) is 0 Å². The molecule has 0 N–H and O–H groups in total. The molecule has 0 radical (unpaired) electrons. The molecule has 0 unspecified atom stereocenters. The van der Waals surface area contributed by atoms with Gasteiger partial charge in [0.15, 0.2) is 11.6 Å². The van der Waals surface area contributed by atoms with Crippen molar-refractivity contribution < 1.29 is 12.3 Å². The Morgan fingerprint density at radius 2 is 1.38 bits per heavy atom.